The van der Waals surface area contributed by atoms with E-state index in [0.717, 1.165) is 34.2 Å². The van der Waals surface area contributed by atoms with Crippen molar-refractivity contribution in [1.29, 1.82) is 0 Å². The zero-order chi connectivity index (χ0) is 4.41. The Bertz CT molecular complexity index is 33.3. The summed E-state index contributed by atoms with van der Waals surface area (Å²) in [5.41, 5.74) is 0. The van der Waals surface area contributed by atoms with E-state index in [2.05, 4.69) is 9.76 Å². The van der Waals surface area contributed by atoms with Gasteiger partial charge in [0, 0.05) is 0 Å². The molecular weight excluding hydrogens is 169 g/mol. The van der Waals surface area contributed by atoms with E-state index >= 15 is 0 Å². The summed E-state index contributed by atoms with van der Waals surface area (Å²) in [6.07, 6.45) is 0. The largest absolute Gasteiger partial charge is 0.00930 e. The summed E-state index contributed by atoms with van der Waals surface area (Å²) in [7, 11) is 6.44. The molecular formula is H11Si6. The highest BCUT2D eigenvalue weighted by atomic mass is 30.2. The first-order chi connectivity index (χ1) is 2.89. The summed E-state index contributed by atoms with van der Waals surface area (Å²) in [5.74, 6) is 0. The molecule has 1 saturated heterocycles. The van der Waals surface area contributed by atoms with Crippen molar-refractivity contribution in [2.45, 2.75) is 0 Å². The number of rotatable bonds is 0. The Morgan fingerprint density at radius 2 is 1.67 bits per heavy atom. The van der Waals surface area contributed by atoms with Gasteiger partial charge in [0.15, 0.2) is 0 Å². The Hall–Kier alpha value is 1.30. The van der Waals surface area contributed by atoms with E-state index in [1.807, 2.05) is 0 Å². The van der Waals surface area contributed by atoms with Gasteiger partial charge in [-0.3, -0.25) is 0 Å². The van der Waals surface area contributed by atoms with Gasteiger partial charge in [-0.25, -0.2) is 0 Å². The topological polar surface area (TPSA) is 0 Å². The highest BCUT2D eigenvalue weighted by molar-refractivity contribution is 7.87. The minimum atomic E-state index is 0.380. The lowest BCUT2D eigenvalue weighted by Crippen LogP contribution is -2.24. The zero-order valence-corrected chi connectivity index (χ0v) is 12.3. The molecule has 6 heteroatoms. The zero-order valence-electron chi connectivity index (χ0n) is 4.11. The van der Waals surface area contributed by atoms with Crippen LogP contribution in [0.25, 0.3) is 0 Å². The van der Waals surface area contributed by atoms with Gasteiger partial charge in [-0.1, -0.05) is 0 Å². The van der Waals surface area contributed by atoms with E-state index in [-0.39, 0.29) is 0 Å². The first-order valence-corrected chi connectivity index (χ1v) is 24.5. The maximum atomic E-state index is 2.49. The van der Waals surface area contributed by atoms with Gasteiger partial charge in [0.05, 0.1) is 0 Å². The minimum absolute atomic E-state index is 0.380. The molecule has 0 saturated carbocycles. The molecule has 1 fully saturated rings. The SMILES string of the molecule is [SiH2][SiH]1[SiH2][SiH2][SiH2][SiH2]1. The summed E-state index contributed by atoms with van der Waals surface area (Å²) in [6, 6.07) is 0. The van der Waals surface area contributed by atoms with Gasteiger partial charge in [0.1, 0.15) is 0 Å². The standard InChI is InChI=1S/H11Si6/c1-6-4-2-3-5-6/h6H,1-5H2. The molecule has 0 aromatic carbocycles. The predicted molar refractivity (Wildman–Crippen MR) is 49.9 cm³/mol. The first kappa shape index (κ1) is 5.44. The lowest BCUT2D eigenvalue weighted by molar-refractivity contribution is 3.89. The molecule has 6 heavy (non-hydrogen) atoms. The van der Waals surface area contributed by atoms with Crippen LogP contribution >= 0.6 is 0 Å². The molecule has 35 valence electrons. The molecule has 0 aliphatic carbocycles. The smallest absolute Gasteiger partial charge is 0.00696 e. The van der Waals surface area contributed by atoms with Gasteiger partial charge in [-0.2, -0.15) is 0 Å². The Labute approximate surface area is 51.5 Å². The van der Waals surface area contributed by atoms with Gasteiger partial charge in [0.25, 0.3) is 0 Å². The fraction of sp³-hybridized carbons (Fsp3) is 0. The van der Waals surface area contributed by atoms with E-state index in [1.165, 1.54) is 0 Å². The maximum Gasteiger partial charge on any atom is -0.00696 e. The molecule has 1 rings (SSSR count). The minimum Gasteiger partial charge on any atom is -0.00930 e. The fourth-order valence-corrected chi connectivity index (χ4v) is 246. The van der Waals surface area contributed by atoms with Crippen LogP contribution in [0.15, 0.2) is 0 Å². The van der Waals surface area contributed by atoms with Crippen molar-refractivity contribution in [2.24, 2.45) is 0 Å². The van der Waals surface area contributed by atoms with Gasteiger partial charge in [-0.15, -0.1) is 0 Å². The second-order valence-corrected chi connectivity index (χ2v) is 58.1. The summed E-state index contributed by atoms with van der Waals surface area (Å²) >= 11 is 0. The third kappa shape index (κ3) is 1.42. The Morgan fingerprint density at radius 1 is 1.17 bits per heavy atom. The van der Waals surface area contributed by atoms with Crippen molar-refractivity contribution >= 4 is 51.3 Å². The quantitative estimate of drug-likeness (QED) is 0.326. The molecule has 0 aromatic rings. The van der Waals surface area contributed by atoms with Gasteiger partial charge in [-0.05, 0) is 51.3 Å². The van der Waals surface area contributed by atoms with Crippen LogP contribution in [0.1, 0.15) is 0 Å². The molecule has 1 aliphatic heterocycles. The fourth-order valence-electron chi connectivity index (χ4n) is 1.01. The van der Waals surface area contributed by atoms with Crippen LogP contribution in [0.3, 0.4) is 0 Å². The van der Waals surface area contributed by atoms with Gasteiger partial charge in [0.2, 0.25) is 0 Å². The van der Waals surface area contributed by atoms with Crippen molar-refractivity contribution in [3.05, 3.63) is 0 Å². The number of hydrogen-bond donors (Lipinski definition) is 0. The highest BCUT2D eigenvalue weighted by Gasteiger charge is 2.11. The van der Waals surface area contributed by atoms with Crippen LogP contribution < -0.4 is 0 Å². The molecule has 0 spiro atoms. The summed E-state index contributed by atoms with van der Waals surface area (Å²) in [6.45, 7) is 0. The predicted octanol–water partition coefficient (Wildman–Crippen LogP) is -5.23. The Morgan fingerprint density at radius 3 is 1.83 bits per heavy atom. The third-order valence-electron chi connectivity index (χ3n) is 1.47. The van der Waals surface area contributed by atoms with Crippen LogP contribution in [0.2, 0.25) is 0 Å². The van der Waals surface area contributed by atoms with Crippen molar-refractivity contribution in [3.8, 4) is 0 Å². The number of hydrogen-bond acceptors (Lipinski definition) is 0. The molecule has 0 bridgehead atoms. The first-order valence-electron chi connectivity index (χ1n) is 2.72. The van der Waals surface area contributed by atoms with Crippen molar-refractivity contribution in [2.75, 3.05) is 0 Å². The highest BCUT2D eigenvalue weighted by Crippen LogP contribution is 1.74. The average Bonchev–Trinajstić information content (AvgIpc) is 1.86. The van der Waals surface area contributed by atoms with Crippen LogP contribution in [-0.2, 0) is 0 Å². The summed E-state index contributed by atoms with van der Waals surface area (Å²) < 4.78 is 0. The molecule has 0 aromatic heterocycles. The van der Waals surface area contributed by atoms with E-state index in [0.29, 0.717) is 7.35 Å². The van der Waals surface area contributed by atoms with Crippen molar-refractivity contribution in [1.82, 2.24) is 0 Å². The molecule has 0 atom stereocenters. The van der Waals surface area contributed by atoms with Crippen LogP contribution in [-0.4, -0.2) is 51.3 Å². The van der Waals surface area contributed by atoms with E-state index < -0.39 is 0 Å². The van der Waals surface area contributed by atoms with Crippen LogP contribution in [0, 0.1) is 0 Å². The molecule has 1 heterocycles. The van der Waals surface area contributed by atoms with Crippen LogP contribution in [0.4, 0.5) is 0 Å². The van der Waals surface area contributed by atoms with E-state index in [1.54, 1.807) is 0 Å². The Balaban J connectivity index is 2.18. The third-order valence-corrected chi connectivity index (χ3v) is 119. The summed E-state index contributed by atoms with van der Waals surface area (Å²) in [5, 5.41) is 0. The van der Waals surface area contributed by atoms with Gasteiger partial charge < -0.3 is 0 Å². The van der Waals surface area contributed by atoms with Crippen LogP contribution in [0.5, 0.6) is 0 Å². The molecule has 0 nitrogen and oxygen atoms in total. The van der Waals surface area contributed by atoms with Crippen molar-refractivity contribution < 1.29 is 0 Å². The monoisotopic (exact) mass is 179 g/mol. The molecule has 1 aliphatic rings. The van der Waals surface area contributed by atoms with Gasteiger partial charge >= 0.3 is 0 Å². The van der Waals surface area contributed by atoms with Crippen molar-refractivity contribution in [3.63, 3.8) is 0 Å². The average molecular weight is 180 g/mol. The molecule has 0 amide bonds. The lowest BCUT2D eigenvalue weighted by atomic mass is 26.2. The molecule has 0 unspecified atom stereocenters. The normalized spacial score (nSPS) is 50.5. The van der Waals surface area contributed by atoms with E-state index in [9.17, 15) is 0 Å². The maximum absolute atomic E-state index is 2.49. The second-order valence-electron chi connectivity index (χ2n) is 2.15. The second kappa shape index (κ2) is 2.57. The molecule has 1 radical (unpaired) electrons. The molecule has 0 N–H and O–H groups in total. The summed E-state index contributed by atoms with van der Waals surface area (Å²) in [4.78, 5) is 0. The lowest BCUT2D eigenvalue weighted by Gasteiger charge is -1.87. The van der Waals surface area contributed by atoms with E-state index in [4.69, 9.17) is 0 Å². The Kier molecular flexibility index (Phi) is 2.33.